The van der Waals surface area contributed by atoms with Gasteiger partial charge in [-0.2, -0.15) is 0 Å². The highest BCUT2D eigenvalue weighted by Gasteiger charge is 2.43. The van der Waals surface area contributed by atoms with Gasteiger partial charge in [0.25, 0.3) is 0 Å². The molecule has 9 heteroatoms. The summed E-state index contributed by atoms with van der Waals surface area (Å²) in [6.07, 6.45) is -0.898. The SMILES string of the molecule is O=C(O)C[C@H]1CCC(=O)[C@H]1C/C=C\CCO[C@H]1O[C@@H](CO)[C@H](O)[C@@H](O)[C@@H]1O. The molecule has 0 amide bonds. The van der Waals surface area contributed by atoms with Crippen LogP contribution in [0.1, 0.15) is 32.1 Å². The number of hydrogen-bond acceptors (Lipinski definition) is 8. The second-order valence-electron chi connectivity index (χ2n) is 7.03. The lowest BCUT2D eigenvalue weighted by Crippen LogP contribution is -2.59. The van der Waals surface area contributed by atoms with Crippen molar-refractivity contribution >= 4 is 11.8 Å². The van der Waals surface area contributed by atoms with Crippen molar-refractivity contribution in [2.45, 2.75) is 62.8 Å². The number of hydrogen-bond donors (Lipinski definition) is 5. The lowest BCUT2D eigenvalue weighted by molar-refractivity contribution is -0.300. The highest BCUT2D eigenvalue weighted by molar-refractivity contribution is 5.84. The number of allylic oxidation sites excluding steroid dienone is 1. The van der Waals surface area contributed by atoms with Crippen molar-refractivity contribution in [2.24, 2.45) is 11.8 Å². The fourth-order valence-electron chi connectivity index (χ4n) is 3.59. The first-order valence-corrected chi connectivity index (χ1v) is 9.16. The van der Waals surface area contributed by atoms with E-state index in [-0.39, 0.29) is 30.6 Å². The molecule has 5 N–H and O–H groups in total. The molecule has 1 saturated heterocycles. The maximum Gasteiger partial charge on any atom is 0.303 e. The maximum atomic E-state index is 11.9. The van der Waals surface area contributed by atoms with Gasteiger partial charge in [0.1, 0.15) is 30.2 Å². The summed E-state index contributed by atoms with van der Waals surface area (Å²) in [6, 6.07) is 0. The number of aliphatic hydroxyl groups excluding tert-OH is 4. The van der Waals surface area contributed by atoms with Gasteiger partial charge in [-0.15, -0.1) is 0 Å². The Bertz CT molecular complexity index is 533. The van der Waals surface area contributed by atoms with E-state index < -0.39 is 43.3 Å². The van der Waals surface area contributed by atoms with Gasteiger partial charge in [-0.3, -0.25) is 9.59 Å². The summed E-state index contributed by atoms with van der Waals surface area (Å²) >= 11 is 0. The van der Waals surface area contributed by atoms with Gasteiger partial charge in [0.05, 0.1) is 13.2 Å². The van der Waals surface area contributed by atoms with E-state index in [0.29, 0.717) is 25.7 Å². The molecule has 0 unspecified atom stereocenters. The molecule has 1 saturated carbocycles. The molecule has 0 aromatic heterocycles. The number of aliphatic hydroxyl groups is 4. The number of carboxylic acids is 1. The van der Waals surface area contributed by atoms with Gasteiger partial charge in [0.2, 0.25) is 0 Å². The van der Waals surface area contributed by atoms with Gasteiger partial charge in [0.15, 0.2) is 6.29 Å². The molecule has 154 valence electrons. The summed E-state index contributed by atoms with van der Waals surface area (Å²) in [6.45, 7) is -0.353. The number of rotatable bonds is 9. The van der Waals surface area contributed by atoms with Gasteiger partial charge < -0.3 is 35.0 Å². The maximum absolute atomic E-state index is 11.9. The molecular formula is C18H28O9. The third kappa shape index (κ3) is 5.81. The standard InChI is InChI=1S/C18H28O9/c19-9-13-15(23)16(24)17(25)18(27-13)26-7-3-1-2-4-11-10(8-14(21)22)5-6-12(11)20/h1-2,10-11,13,15-19,23-25H,3-9H2,(H,21,22)/b2-1-/t10-,11+,13+,15+,16-,17+,18+/m1/s1. The Kier molecular flexibility index (Phi) is 8.33. The summed E-state index contributed by atoms with van der Waals surface area (Å²) < 4.78 is 10.6. The number of ether oxygens (including phenoxy) is 2. The van der Waals surface area contributed by atoms with Gasteiger partial charge in [-0.25, -0.2) is 0 Å². The fraction of sp³-hybridized carbons (Fsp3) is 0.778. The Labute approximate surface area is 157 Å². The van der Waals surface area contributed by atoms with E-state index in [1.54, 1.807) is 6.08 Å². The molecule has 0 bridgehead atoms. The molecule has 0 aromatic carbocycles. The monoisotopic (exact) mass is 388 g/mol. The van der Waals surface area contributed by atoms with Crippen LogP contribution in [0.3, 0.4) is 0 Å². The van der Waals surface area contributed by atoms with Gasteiger partial charge in [-0.1, -0.05) is 12.2 Å². The van der Waals surface area contributed by atoms with Crippen molar-refractivity contribution < 1.29 is 44.6 Å². The van der Waals surface area contributed by atoms with Crippen molar-refractivity contribution in [1.82, 2.24) is 0 Å². The second kappa shape index (κ2) is 10.3. The molecule has 27 heavy (non-hydrogen) atoms. The molecule has 1 heterocycles. The molecule has 2 rings (SSSR count). The highest BCUT2D eigenvalue weighted by Crippen LogP contribution is 2.34. The minimum atomic E-state index is -1.48. The summed E-state index contributed by atoms with van der Waals surface area (Å²) in [4.78, 5) is 22.7. The smallest absolute Gasteiger partial charge is 0.303 e. The summed E-state index contributed by atoms with van der Waals surface area (Å²) in [5, 5.41) is 47.3. The molecule has 2 aliphatic rings. The lowest BCUT2D eigenvalue weighted by Gasteiger charge is -2.39. The largest absolute Gasteiger partial charge is 0.481 e. The van der Waals surface area contributed by atoms with Crippen LogP contribution in [0.25, 0.3) is 0 Å². The molecule has 7 atom stereocenters. The number of carboxylic acid groups (broad SMARTS) is 1. The zero-order valence-corrected chi connectivity index (χ0v) is 15.0. The van der Waals surface area contributed by atoms with Crippen LogP contribution < -0.4 is 0 Å². The minimum absolute atomic E-state index is 0.00443. The topological polar surface area (TPSA) is 154 Å². The first-order valence-electron chi connectivity index (χ1n) is 9.16. The van der Waals surface area contributed by atoms with Crippen LogP contribution in [0.15, 0.2) is 12.2 Å². The van der Waals surface area contributed by atoms with Crippen LogP contribution in [0.2, 0.25) is 0 Å². The fourth-order valence-corrected chi connectivity index (χ4v) is 3.59. The zero-order chi connectivity index (χ0) is 20.0. The lowest BCUT2D eigenvalue weighted by atomic mass is 9.89. The number of carbonyl (C=O) groups is 2. The predicted octanol–water partition coefficient (Wildman–Crippen LogP) is -0.791. The molecule has 0 radical (unpaired) electrons. The van der Waals surface area contributed by atoms with E-state index >= 15 is 0 Å². The van der Waals surface area contributed by atoms with Gasteiger partial charge >= 0.3 is 5.97 Å². The number of ketones is 1. The summed E-state index contributed by atoms with van der Waals surface area (Å²) in [7, 11) is 0. The Hall–Kier alpha value is -1.36. The molecule has 1 aliphatic carbocycles. The first-order chi connectivity index (χ1) is 12.8. The van der Waals surface area contributed by atoms with Crippen LogP contribution in [-0.4, -0.2) is 81.2 Å². The Balaban J connectivity index is 1.73. The van der Waals surface area contributed by atoms with Gasteiger partial charge in [0, 0.05) is 18.8 Å². The minimum Gasteiger partial charge on any atom is -0.481 e. The van der Waals surface area contributed by atoms with Crippen molar-refractivity contribution in [2.75, 3.05) is 13.2 Å². The third-order valence-corrected chi connectivity index (χ3v) is 5.15. The quantitative estimate of drug-likeness (QED) is 0.252. The van der Waals surface area contributed by atoms with E-state index in [4.69, 9.17) is 19.7 Å². The molecule has 1 aliphatic heterocycles. The molecule has 0 spiro atoms. The van der Waals surface area contributed by atoms with E-state index in [1.165, 1.54) is 0 Å². The average molecular weight is 388 g/mol. The predicted molar refractivity (Wildman–Crippen MR) is 91.6 cm³/mol. The van der Waals surface area contributed by atoms with Crippen LogP contribution in [-0.2, 0) is 19.1 Å². The molecule has 2 fully saturated rings. The van der Waals surface area contributed by atoms with Crippen LogP contribution in [0.4, 0.5) is 0 Å². The van der Waals surface area contributed by atoms with Crippen LogP contribution in [0, 0.1) is 11.8 Å². The Morgan fingerprint density at radius 2 is 1.93 bits per heavy atom. The number of aliphatic carboxylic acids is 1. The normalized spacial score (nSPS) is 37.2. The number of Topliss-reactive ketones (excluding diaryl/α,β-unsaturated/α-hetero) is 1. The van der Waals surface area contributed by atoms with Crippen molar-refractivity contribution in [3.05, 3.63) is 12.2 Å². The summed E-state index contributed by atoms with van der Waals surface area (Å²) in [5.74, 6) is -1.17. The van der Waals surface area contributed by atoms with Crippen molar-refractivity contribution in [3.63, 3.8) is 0 Å². The van der Waals surface area contributed by atoms with E-state index in [0.717, 1.165) is 0 Å². The molecule has 0 aromatic rings. The van der Waals surface area contributed by atoms with Crippen molar-refractivity contribution in [3.8, 4) is 0 Å². The first kappa shape index (κ1) is 21.9. The van der Waals surface area contributed by atoms with Crippen LogP contribution >= 0.6 is 0 Å². The van der Waals surface area contributed by atoms with E-state index in [9.17, 15) is 24.9 Å². The average Bonchev–Trinajstić information content (AvgIpc) is 2.96. The highest BCUT2D eigenvalue weighted by atomic mass is 16.7. The third-order valence-electron chi connectivity index (χ3n) is 5.15. The Morgan fingerprint density at radius 1 is 1.19 bits per heavy atom. The van der Waals surface area contributed by atoms with E-state index in [1.807, 2.05) is 6.08 Å². The molecular weight excluding hydrogens is 360 g/mol. The Morgan fingerprint density at radius 3 is 2.59 bits per heavy atom. The van der Waals surface area contributed by atoms with Gasteiger partial charge in [-0.05, 0) is 25.2 Å². The van der Waals surface area contributed by atoms with Crippen molar-refractivity contribution in [1.29, 1.82) is 0 Å². The van der Waals surface area contributed by atoms with E-state index in [2.05, 4.69) is 0 Å². The molecule has 9 nitrogen and oxygen atoms in total. The van der Waals surface area contributed by atoms with Crippen LogP contribution in [0.5, 0.6) is 0 Å². The number of carbonyl (C=O) groups excluding carboxylic acids is 1. The second-order valence-corrected chi connectivity index (χ2v) is 7.03. The zero-order valence-electron chi connectivity index (χ0n) is 15.0. The summed E-state index contributed by atoms with van der Waals surface area (Å²) in [5.41, 5.74) is 0.